The van der Waals surface area contributed by atoms with Crippen LogP contribution in [0.2, 0.25) is 10.0 Å². The van der Waals surface area contributed by atoms with E-state index in [2.05, 4.69) is 4.74 Å². The molecule has 0 amide bonds. The summed E-state index contributed by atoms with van der Waals surface area (Å²) in [5.74, 6) is -1.08. The van der Waals surface area contributed by atoms with Crippen molar-refractivity contribution >= 4 is 41.5 Å². The number of benzene rings is 2. The number of phenolic OH excluding ortho intramolecular Hbond substituents is 1. The van der Waals surface area contributed by atoms with Gasteiger partial charge in [-0.2, -0.15) is 13.2 Å². The van der Waals surface area contributed by atoms with Gasteiger partial charge >= 0.3 is 12.1 Å². The topological polar surface area (TPSA) is 72.8 Å². The highest BCUT2D eigenvalue weighted by Crippen LogP contribution is 2.38. The normalized spacial score (nSPS) is 15.0. The Morgan fingerprint density at radius 1 is 1.20 bits per heavy atom. The Kier molecular flexibility index (Phi) is 7.75. The van der Waals surface area contributed by atoms with Crippen molar-refractivity contribution in [1.82, 2.24) is 0 Å². The SMILES string of the molecule is CCOC(=O)C1=Cc2cc(Cl)ccc2OC1C(F)(F)F.O=Cc1cc(Cl)ccc1O. The summed E-state index contributed by atoms with van der Waals surface area (Å²) < 4.78 is 48.4. The summed E-state index contributed by atoms with van der Waals surface area (Å²) in [6.07, 6.45) is -5.40. The summed E-state index contributed by atoms with van der Waals surface area (Å²) in [5, 5.41) is 9.72. The second kappa shape index (κ2) is 9.86. The molecule has 160 valence electrons. The number of fused-ring (bicyclic) bond motifs is 1. The molecule has 0 bridgehead atoms. The van der Waals surface area contributed by atoms with Gasteiger partial charge in [0.15, 0.2) is 6.29 Å². The molecule has 1 atom stereocenters. The fraction of sp³-hybridized carbons (Fsp3) is 0.200. The van der Waals surface area contributed by atoms with E-state index < -0.39 is 23.8 Å². The highest BCUT2D eigenvalue weighted by atomic mass is 35.5. The average molecular weight is 463 g/mol. The van der Waals surface area contributed by atoms with Crippen molar-refractivity contribution in [3.8, 4) is 11.5 Å². The van der Waals surface area contributed by atoms with Crippen LogP contribution in [0.5, 0.6) is 11.5 Å². The van der Waals surface area contributed by atoms with Crippen LogP contribution in [0.3, 0.4) is 0 Å². The van der Waals surface area contributed by atoms with Gasteiger partial charge in [0.1, 0.15) is 11.5 Å². The third-order valence-corrected chi connectivity index (χ3v) is 4.21. The number of carbonyl (C=O) groups is 2. The van der Waals surface area contributed by atoms with Crippen LogP contribution in [-0.2, 0) is 9.53 Å². The maximum Gasteiger partial charge on any atom is 0.430 e. The van der Waals surface area contributed by atoms with Crippen molar-refractivity contribution in [3.05, 3.63) is 63.1 Å². The molecule has 5 nitrogen and oxygen atoms in total. The molecule has 0 fully saturated rings. The Hall–Kier alpha value is -2.71. The number of aldehydes is 1. The van der Waals surface area contributed by atoms with Crippen molar-refractivity contribution < 1.29 is 37.3 Å². The van der Waals surface area contributed by atoms with Crippen molar-refractivity contribution in [2.24, 2.45) is 0 Å². The second-order valence-electron chi connectivity index (χ2n) is 5.86. The maximum atomic E-state index is 13.0. The second-order valence-corrected chi connectivity index (χ2v) is 6.74. The Balaban J connectivity index is 0.000000269. The molecule has 10 heteroatoms. The third kappa shape index (κ3) is 5.90. The smallest absolute Gasteiger partial charge is 0.430 e. The highest BCUT2D eigenvalue weighted by Gasteiger charge is 2.48. The molecule has 0 spiro atoms. The fourth-order valence-corrected chi connectivity index (χ4v) is 2.78. The monoisotopic (exact) mass is 462 g/mol. The molecule has 1 heterocycles. The molecular formula is C20H15Cl2F3O5. The van der Waals surface area contributed by atoms with Gasteiger partial charge < -0.3 is 14.6 Å². The summed E-state index contributed by atoms with van der Waals surface area (Å²) in [6, 6.07) is 8.47. The van der Waals surface area contributed by atoms with E-state index in [1.165, 1.54) is 43.3 Å². The lowest BCUT2D eigenvalue weighted by Crippen LogP contribution is -2.40. The molecule has 2 aromatic rings. The van der Waals surface area contributed by atoms with Crippen LogP contribution in [0.1, 0.15) is 22.8 Å². The van der Waals surface area contributed by atoms with Gasteiger partial charge in [0, 0.05) is 15.6 Å². The minimum atomic E-state index is -4.71. The van der Waals surface area contributed by atoms with E-state index in [-0.39, 0.29) is 23.7 Å². The Morgan fingerprint density at radius 3 is 2.40 bits per heavy atom. The van der Waals surface area contributed by atoms with Crippen LogP contribution in [0.25, 0.3) is 6.08 Å². The Bertz CT molecular complexity index is 973. The van der Waals surface area contributed by atoms with Crippen LogP contribution in [0.15, 0.2) is 42.0 Å². The van der Waals surface area contributed by atoms with Gasteiger partial charge in [0.05, 0.1) is 17.7 Å². The van der Waals surface area contributed by atoms with Gasteiger partial charge in [-0.3, -0.25) is 4.79 Å². The van der Waals surface area contributed by atoms with Gasteiger partial charge in [-0.15, -0.1) is 0 Å². The molecule has 30 heavy (non-hydrogen) atoms. The van der Waals surface area contributed by atoms with E-state index in [0.29, 0.717) is 21.9 Å². The summed E-state index contributed by atoms with van der Waals surface area (Å²) in [6.45, 7) is 1.48. The predicted molar refractivity (Wildman–Crippen MR) is 105 cm³/mol. The molecule has 1 unspecified atom stereocenters. The first-order valence-corrected chi connectivity index (χ1v) is 9.17. The summed E-state index contributed by atoms with van der Waals surface area (Å²) >= 11 is 11.3. The molecular weight excluding hydrogens is 448 g/mol. The zero-order valence-corrected chi connectivity index (χ0v) is 16.9. The number of esters is 1. The van der Waals surface area contributed by atoms with Crippen molar-refractivity contribution in [1.29, 1.82) is 0 Å². The van der Waals surface area contributed by atoms with E-state index in [9.17, 15) is 22.8 Å². The van der Waals surface area contributed by atoms with E-state index >= 15 is 0 Å². The lowest BCUT2D eigenvalue weighted by Gasteiger charge is -2.27. The van der Waals surface area contributed by atoms with Gasteiger partial charge in [-0.05, 0) is 49.4 Å². The number of rotatable bonds is 3. The van der Waals surface area contributed by atoms with E-state index in [1.807, 2.05) is 0 Å². The Labute approximate surface area is 179 Å². The first-order valence-electron chi connectivity index (χ1n) is 8.42. The molecule has 1 aliphatic heterocycles. The summed E-state index contributed by atoms with van der Waals surface area (Å²) in [7, 11) is 0. The number of aromatic hydroxyl groups is 1. The zero-order chi connectivity index (χ0) is 22.5. The van der Waals surface area contributed by atoms with Crippen LogP contribution in [0.4, 0.5) is 13.2 Å². The quantitative estimate of drug-likeness (QED) is 0.483. The lowest BCUT2D eigenvalue weighted by atomic mass is 10.0. The number of ether oxygens (including phenoxy) is 2. The average Bonchev–Trinajstić information content (AvgIpc) is 2.68. The molecule has 1 N–H and O–H groups in total. The minimum absolute atomic E-state index is 0.0183. The Morgan fingerprint density at radius 2 is 1.83 bits per heavy atom. The van der Waals surface area contributed by atoms with Gasteiger partial charge in [0.2, 0.25) is 6.10 Å². The van der Waals surface area contributed by atoms with Crippen LogP contribution in [-0.4, -0.2) is 36.2 Å². The van der Waals surface area contributed by atoms with Crippen molar-refractivity contribution in [3.63, 3.8) is 0 Å². The maximum absolute atomic E-state index is 13.0. The molecule has 0 saturated heterocycles. The number of phenols is 1. The molecule has 2 aromatic carbocycles. The first-order chi connectivity index (χ1) is 14.1. The van der Waals surface area contributed by atoms with Crippen LogP contribution in [0, 0.1) is 0 Å². The number of halogens is 5. The molecule has 0 aromatic heterocycles. The fourth-order valence-electron chi connectivity index (χ4n) is 2.42. The molecule has 1 aliphatic rings. The number of alkyl halides is 3. The lowest BCUT2D eigenvalue weighted by molar-refractivity contribution is -0.187. The van der Waals surface area contributed by atoms with Gasteiger partial charge in [-0.1, -0.05) is 23.2 Å². The number of carbonyl (C=O) groups excluding carboxylic acids is 2. The van der Waals surface area contributed by atoms with Crippen molar-refractivity contribution in [2.75, 3.05) is 6.61 Å². The molecule has 0 radical (unpaired) electrons. The molecule has 0 aliphatic carbocycles. The van der Waals surface area contributed by atoms with Gasteiger partial charge in [0.25, 0.3) is 0 Å². The summed E-state index contributed by atoms with van der Waals surface area (Å²) in [4.78, 5) is 21.8. The van der Waals surface area contributed by atoms with Gasteiger partial charge in [-0.25, -0.2) is 4.79 Å². The number of hydrogen-bond acceptors (Lipinski definition) is 5. The standard InChI is InChI=1S/C13H10ClF3O3.C7H5ClO2/c1-2-19-12(18)9-6-7-5-8(14)3-4-10(7)20-11(9)13(15,16)17;8-6-1-2-7(10)5(3-6)4-9/h3-6,11H,2H2,1H3;1-4,10H. The summed E-state index contributed by atoms with van der Waals surface area (Å²) in [5.41, 5.74) is -0.0670. The third-order valence-electron chi connectivity index (χ3n) is 3.74. The molecule has 3 rings (SSSR count). The first kappa shape index (κ1) is 23.6. The zero-order valence-electron chi connectivity index (χ0n) is 15.4. The van der Waals surface area contributed by atoms with E-state index in [4.69, 9.17) is 33.0 Å². The van der Waals surface area contributed by atoms with Crippen LogP contribution >= 0.6 is 23.2 Å². The predicted octanol–water partition coefficient (Wildman–Crippen LogP) is 5.47. The largest absolute Gasteiger partial charge is 0.507 e. The molecule has 0 saturated carbocycles. The van der Waals surface area contributed by atoms with Crippen LogP contribution < -0.4 is 4.74 Å². The van der Waals surface area contributed by atoms with E-state index in [1.54, 1.807) is 0 Å². The highest BCUT2D eigenvalue weighted by molar-refractivity contribution is 6.31. The van der Waals surface area contributed by atoms with E-state index in [0.717, 1.165) is 6.08 Å². The minimum Gasteiger partial charge on any atom is -0.507 e. The van der Waals surface area contributed by atoms with Crippen molar-refractivity contribution in [2.45, 2.75) is 19.2 Å². The number of hydrogen-bond donors (Lipinski definition) is 1.